The molecule has 0 radical (unpaired) electrons. The minimum absolute atomic E-state index is 0.216. The third-order valence-corrected chi connectivity index (χ3v) is 6.32. The number of imidazole rings is 1. The zero-order valence-electron chi connectivity index (χ0n) is 20.0. The number of carbonyl (C=O) groups excluding carboxylic acids is 1. The van der Waals surface area contributed by atoms with Gasteiger partial charge in [-0.05, 0) is 66.6 Å². The molecule has 0 atom stereocenters. The molecule has 0 aliphatic carbocycles. The predicted octanol–water partition coefficient (Wildman–Crippen LogP) is 5.94. The standard InChI is InChI=1S/C28H24BrN5O3/c1-34-26-11-10-22(16-24(26)33-28(34)32-20-6-4-19(29)5-7-20)37-23-13-15-30-25(17-23)27(36)31-14-12-18-2-8-21(35)9-3-18/h2-11,13,15-17,35H,12,14H2,1H3,(H,31,36)(H,32,33). The zero-order valence-corrected chi connectivity index (χ0v) is 21.6. The second-order valence-electron chi connectivity index (χ2n) is 8.43. The van der Waals surface area contributed by atoms with Crippen molar-refractivity contribution in [1.82, 2.24) is 19.9 Å². The first-order valence-corrected chi connectivity index (χ1v) is 12.4. The number of phenols is 1. The first-order chi connectivity index (χ1) is 17.9. The summed E-state index contributed by atoms with van der Waals surface area (Å²) in [5, 5.41) is 15.6. The number of benzene rings is 3. The molecule has 0 saturated heterocycles. The number of aryl methyl sites for hydroxylation is 1. The molecule has 3 aromatic carbocycles. The van der Waals surface area contributed by atoms with Crippen LogP contribution in [0.1, 0.15) is 16.1 Å². The molecule has 9 heteroatoms. The molecule has 37 heavy (non-hydrogen) atoms. The lowest BCUT2D eigenvalue weighted by Gasteiger charge is -2.08. The number of halogens is 1. The van der Waals surface area contributed by atoms with Crippen LogP contribution in [0.2, 0.25) is 0 Å². The molecule has 5 aromatic rings. The van der Waals surface area contributed by atoms with Crippen LogP contribution in [0.3, 0.4) is 0 Å². The molecule has 0 fully saturated rings. The highest BCUT2D eigenvalue weighted by Gasteiger charge is 2.12. The lowest BCUT2D eigenvalue weighted by atomic mass is 10.1. The number of nitrogens with one attached hydrogen (secondary N) is 2. The van der Waals surface area contributed by atoms with Gasteiger partial charge in [0.25, 0.3) is 5.91 Å². The van der Waals surface area contributed by atoms with Crippen LogP contribution in [0.4, 0.5) is 11.6 Å². The fraction of sp³-hybridized carbons (Fsp3) is 0.107. The lowest BCUT2D eigenvalue weighted by molar-refractivity contribution is 0.0949. The van der Waals surface area contributed by atoms with Gasteiger partial charge in [-0.2, -0.15) is 0 Å². The number of aromatic nitrogens is 3. The average Bonchev–Trinajstić information content (AvgIpc) is 3.21. The topological polar surface area (TPSA) is 101 Å². The fourth-order valence-corrected chi connectivity index (χ4v) is 4.09. The van der Waals surface area contributed by atoms with Crippen molar-refractivity contribution < 1.29 is 14.6 Å². The van der Waals surface area contributed by atoms with Gasteiger partial charge in [-0.15, -0.1) is 0 Å². The maximum Gasteiger partial charge on any atom is 0.270 e. The van der Waals surface area contributed by atoms with E-state index in [9.17, 15) is 9.90 Å². The highest BCUT2D eigenvalue weighted by molar-refractivity contribution is 9.10. The van der Waals surface area contributed by atoms with E-state index >= 15 is 0 Å². The van der Waals surface area contributed by atoms with Crippen molar-refractivity contribution in [1.29, 1.82) is 0 Å². The van der Waals surface area contributed by atoms with Crippen LogP contribution in [0, 0.1) is 0 Å². The number of aromatic hydroxyl groups is 1. The van der Waals surface area contributed by atoms with Gasteiger partial charge in [0.2, 0.25) is 5.95 Å². The highest BCUT2D eigenvalue weighted by atomic mass is 79.9. The van der Waals surface area contributed by atoms with Gasteiger partial charge in [0.05, 0.1) is 11.0 Å². The van der Waals surface area contributed by atoms with Crippen LogP contribution in [0.5, 0.6) is 17.2 Å². The van der Waals surface area contributed by atoms with Crippen LogP contribution >= 0.6 is 15.9 Å². The first-order valence-electron chi connectivity index (χ1n) is 11.6. The van der Waals surface area contributed by atoms with Crippen molar-refractivity contribution in [2.75, 3.05) is 11.9 Å². The molecule has 1 amide bonds. The number of fused-ring (bicyclic) bond motifs is 1. The summed E-state index contributed by atoms with van der Waals surface area (Å²) in [5.74, 6) is 1.75. The monoisotopic (exact) mass is 557 g/mol. The molecule has 0 aliphatic rings. The number of hydrogen-bond donors (Lipinski definition) is 3. The fourth-order valence-electron chi connectivity index (χ4n) is 3.83. The molecular weight excluding hydrogens is 534 g/mol. The van der Waals surface area contributed by atoms with Crippen molar-refractivity contribution in [3.63, 3.8) is 0 Å². The lowest BCUT2D eigenvalue weighted by Crippen LogP contribution is -2.26. The van der Waals surface area contributed by atoms with Gasteiger partial charge in [0.1, 0.15) is 22.9 Å². The van der Waals surface area contributed by atoms with Crippen LogP contribution < -0.4 is 15.4 Å². The molecule has 2 aromatic heterocycles. The highest BCUT2D eigenvalue weighted by Crippen LogP contribution is 2.28. The summed E-state index contributed by atoms with van der Waals surface area (Å²) in [6, 6.07) is 23.8. The molecule has 0 bridgehead atoms. The summed E-state index contributed by atoms with van der Waals surface area (Å²) >= 11 is 3.45. The van der Waals surface area contributed by atoms with Crippen molar-refractivity contribution in [2.45, 2.75) is 6.42 Å². The number of carbonyl (C=O) groups is 1. The van der Waals surface area contributed by atoms with Gasteiger partial charge < -0.3 is 25.0 Å². The molecule has 186 valence electrons. The van der Waals surface area contributed by atoms with E-state index in [0.717, 1.165) is 26.8 Å². The van der Waals surface area contributed by atoms with E-state index in [-0.39, 0.29) is 17.4 Å². The number of ether oxygens (including phenoxy) is 1. The van der Waals surface area contributed by atoms with Crippen LogP contribution in [-0.4, -0.2) is 32.1 Å². The summed E-state index contributed by atoms with van der Waals surface area (Å²) < 4.78 is 9.01. The van der Waals surface area contributed by atoms with Crippen molar-refractivity contribution in [2.24, 2.45) is 7.05 Å². The molecule has 0 aliphatic heterocycles. The number of amides is 1. The summed E-state index contributed by atoms with van der Waals surface area (Å²) in [4.78, 5) is 21.5. The Hall–Kier alpha value is -4.37. The largest absolute Gasteiger partial charge is 0.508 e. The Balaban J connectivity index is 1.25. The van der Waals surface area contributed by atoms with Gasteiger partial charge in [-0.25, -0.2) is 4.98 Å². The number of phenolic OH excluding ortho intramolecular Hbond substituents is 1. The van der Waals surface area contributed by atoms with E-state index in [1.54, 1.807) is 30.5 Å². The third-order valence-electron chi connectivity index (χ3n) is 5.79. The van der Waals surface area contributed by atoms with Crippen LogP contribution in [0.15, 0.2) is 89.5 Å². The number of hydrogen-bond acceptors (Lipinski definition) is 6. The Bertz CT molecular complexity index is 1550. The van der Waals surface area contributed by atoms with Gasteiger partial charge in [-0.1, -0.05) is 28.1 Å². The number of nitrogens with zero attached hydrogens (tertiary/aromatic N) is 3. The molecule has 0 unspecified atom stereocenters. The Labute approximate surface area is 222 Å². The van der Waals surface area contributed by atoms with E-state index in [1.807, 2.05) is 66.2 Å². The van der Waals surface area contributed by atoms with Gasteiger partial charge in [0.15, 0.2) is 0 Å². The Morgan fingerprint density at radius 3 is 2.54 bits per heavy atom. The minimum atomic E-state index is -0.284. The number of pyridine rings is 1. The third kappa shape index (κ3) is 5.90. The van der Waals surface area contributed by atoms with Crippen LogP contribution in [-0.2, 0) is 13.5 Å². The van der Waals surface area contributed by atoms with Gasteiger partial charge in [-0.3, -0.25) is 9.78 Å². The average molecular weight is 558 g/mol. The molecule has 3 N–H and O–H groups in total. The zero-order chi connectivity index (χ0) is 25.8. The smallest absolute Gasteiger partial charge is 0.270 e. The molecule has 0 spiro atoms. The summed E-state index contributed by atoms with van der Waals surface area (Å²) in [7, 11) is 1.95. The molecule has 8 nitrogen and oxygen atoms in total. The number of anilines is 2. The maximum absolute atomic E-state index is 12.6. The van der Waals surface area contributed by atoms with Gasteiger partial charge in [0, 0.05) is 42.1 Å². The second kappa shape index (κ2) is 10.7. The predicted molar refractivity (Wildman–Crippen MR) is 147 cm³/mol. The summed E-state index contributed by atoms with van der Waals surface area (Å²) in [6.45, 7) is 0.448. The first kappa shape index (κ1) is 24.3. The van der Waals surface area contributed by atoms with E-state index in [1.165, 1.54) is 0 Å². The maximum atomic E-state index is 12.6. The normalized spacial score (nSPS) is 10.9. The minimum Gasteiger partial charge on any atom is -0.508 e. The second-order valence-corrected chi connectivity index (χ2v) is 9.34. The van der Waals surface area contributed by atoms with Crippen LogP contribution in [0.25, 0.3) is 11.0 Å². The SMILES string of the molecule is Cn1c(Nc2ccc(Br)cc2)nc2cc(Oc3ccnc(C(=O)NCCc4ccc(O)cc4)c3)ccc21. The molecule has 2 heterocycles. The Kier molecular flexibility index (Phi) is 7.04. The van der Waals surface area contributed by atoms with E-state index in [2.05, 4.69) is 31.5 Å². The summed E-state index contributed by atoms with van der Waals surface area (Å²) in [5.41, 5.74) is 3.95. The molecule has 0 saturated carbocycles. The van der Waals surface area contributed by atoms with E-state index in [0.29, 0.717) is 30.4 Å². The van der Waals surface area contributed by atoms with E-state index < -0.39 is 0 Å². The van der Waals surface area contributed by atoms with Crippen molar-refractivity contribution >= 4 is 44.5 Å². The molecular formula is C28H24BrN5O3. The Morgan fingerprint density at radius 1 is 1.00 bits per heavy atom. The quantitative estimate of drug-likeness (QED) is 0.218. The van der Waals surface area contributed by atoms with Gasteiger partial charge >= 0.3 is 0 Å². The van der Waals surface area contributed by atoms with Crippen molar-refractivity contribution in [3.8, 4) is 17.2 Å². The molecule has 5 rings (SSSR count). The summed E-state index contributed by atoms with van der Waals surface area (Å²) in [6.07, 6.45) is 2.19. The van der Waals surface area contributed by atoms with Crippen molar-refractivity contribution in [3.05, 3.63) is 101 Å². The Morgan fingerprint density at radius 2 is 1.76 bits per heavy atom. The number of rotatable bonds is 8. The van der Waals surface area contributed by atoms with E-state index in [4.69, 9.17) is 9.72 Å².